The quantitative estimate of drug-likeness (QED) is 0.535. The Labute approximate surface area is 177 Å². The molecule has 0 unspecified atom stereocenters. The van der Waals surface area contributed by atoms with E-state index in [1.165, 1.54) is 0 Å². The van der Waals surface area contributed by atoms with Gasteiger partial charge in [0.05, 0.1) is 12.5 Å². The van der Waals surface area contributed by atoms with Crippen LogP contribution in [-0.2, 0) is 10.2 Å². The third kappa shape index (κ3) is 5.26. The summed E-state index contributed by atoms with van der Waals surface area (Å²) in [4.78, 5) is 24.2. The van der Waals surface area contributed by atoms with Crippen LogP contribution in [0, 0.1) is 0 Å². The second-order valence-electron chi connectivity index (χ2n) is 7.52. The van der Waals surface area contributed by atoms with Crippen molar-refractivity contribution < 1.29 is 9.59 Å². The van der Waals surface area contributed by atoms with Crippen molar-refractivity contribution in [3.05, 3.63) is 108 Å². The van der Waals surface area contributed by atoms with Crippen LogP contribution in [0.15, 0.2) is 91.0 Å². The maximum atomic E-state index is 12.8. The molecule has 0 heterocycles. The molecule has 0 aliphatic heterocycles. The predicted molar refractivity (Wildman–Crippen MR) is 119 cm³/mol. The number of amides is 3. The van der Waals surface area contributed by atoms with Gasteiger partial charge in [0, 0.05) is 12.0 Å². The molecular weight excluding hydrogens is 374 g/mol. The number of nitrogens with two attached hydrogens (primary N) is 1. The summed E-state index contributed by atoms with van der Waals surface area (Å²) in [5.41, 5.74) is 8.00. The van der Waals surface area contributed by atoms with Gasteiger partial charge in [-0.1, -0.05) is 91.0 Å². The average molecular weight is 402 g/mol. The van der Waals surface area contributed by atoms with Crippen molar-refractivity contribution in [1.29, 1.82) is 0 Å². The maximum absolute atomic E-state index is 12.8. The second-order valence-corrected chi connectivity index (χ2v) is 7.52. The van der Waals surface area contributed by atoms with Gasteiger partial charge in [-0.05, 0) is 23.6 Å². The van der Waals surface area contributed by atoms with Crippen molar-refractivity contribution in [2.24, 2.45) is 5.73 Å². The molecule has 0 aliphatic rings. The van der Waals surface area contributed by atoms with Crippen molar-refractivity contribution in [1.82, 2.24) is 10.6 Å². The average Bonchev–Trinajstić information content (AvgIpc) is 2.78. The predicted octanol–water partition coefficient (Wildman–Crippen LogP) is 3.91. The van der Waals surface area contributed by atoms with Crippen LogP contribution in [0.5, 0.6) is 0 Å². The first kappa shape index (κ1) is 21.1. The fourth-order valence-electron chi connectivity index (χ4n) is 3.63. The van der Waals surface area contributed by atoms with Gasteiger partial charge < -0.3 is 16.4 Å². The molecule has 0 saturated carbocycles. The van der Waals surface area contributed by atoms with E-state index >= 15 is 0 Å². The molecule has 154 valence electrons. The Bertz CT molecular complexity index is 920. The van der Waals surface area contributed by atoms with E-state index in [0.717, 1.165) is 16.7 Å². The monoisotopic (exact) mass is 401 g/mol. The molecule has 30 heavy (non-hydrogen) atoms. The van der Waals surface area contributed by atoms with Crippen molar-refractivity contribution in [2.45, 2.75) is 24.8 Å². The van der Waals surface area contributed by atoms with E-state index in [2.05, 4.69) is 41.8 Å². The first-order valence-electron chi connectivity index (χ1n) is 9.98. The highest BCUT2D eigenvalue weighted by molar-refractivity contribution is 5.79. The van der Waals surface area contributed by atoms with Crippen LogP contribution in [0.3, 0.4) is 0 Å². The summed E-state index contributed by atoms with van der Waals surface area (Å²) in [6.45, 7) is 2.55. The Kier molecular flexibility index (Phi) is 6.86. The summed E-state index contributed by atoms with van der Waals surface area (Å²) >= 11 is 0. The van der Waals surface area contributed by atoms with Gasteiger partial charge in [-0.25, -0.2) is 4.79 Å². The van der Waals surface area contributed by atoms with Crippen LogP contribution < -0.4 is 16.4 Å². The Morgan fingerprint density at radius 3 is 1.77 bits per heavy atom. The minimum atomic E-state index is -0.657. The molecule has 0 aromatic heterocycles. The number of carbonyl (C=O) groups is 2. The van der Waals surface area contributed by atoms with E-state index in [1.807, 2.05) is 66.7 Å². The summed E-state index contributed by atoms with van der Waals surface area (Å²) in [6, 6.07) is 28.5. The second kappa shape index (κ2) is 9.74. The Morgan fingerprint density at radius 1 is 0.833 bits per heavy atom. The molecule has 5 nitrogen and oxygen atoms in total. The number of urea groups is 1. The third-order valence-electron chi connectivity index (χ3n) is 5.37. The van der Waals surface area contributed by atoms with E-state index in [1.54, 1.807) is 0 Å². The summed E-state index contributed by atoms with van der Waals surface area (Å²) in [6.07, 6.45) is 0.104. The van der Waals surface area contributed by atoms with Crippen LogP contribution in [-0.4, -0.2) is 18.5 Å². The van der Waals surface area contributed by atoms with Gasteiger partial charge >= 0.3 is 6.03 Å². The third-order valence-corrected chi connectivity index (χ3v) is 5.37. The number of primary amides is 1. The Balaban J connectivity index is 1.76. The molecule has 0 fully saturated rings. The van der Waals surface area contributed by atoms with Crippen molar-refractivity contribution >= 4 is 11.9 Å². The lowest BCUT2D eigenvalue weighted by Crippen LogP contribution is -2.41. The first-order valence-corrected chi connectivity index (χ1v) is 9.98. The van der Waals surface area contributed by atoms with Gasteiger partial charge in [-0.3, -0.25) is 4.79 Å². The fraction of sp³-hybridized carbons (Fsp3) is 0.200. The van der Waals surface area contributed by atoms with Crippen molar-refractivity contribution in [3.63, 3.8) is 0 Å². The summed E-state index contributed by atoms with van der Waals surface area (Å²) in [5, 5.41) is 5.73. The molecule has 0 saturated heterocycles. The van der Waals surface area contributed by atoms with Crippen LogP contribution in [0.4, 0.5) is 4.79 Å². The molecule has 0 spiro atoms. The highest BCUT2D eigenvalue weighted by atomic mass is 16.2. The summed E-state index contributed by atoms with van der Waals surface area (Å²) in [5.74, 6) is -0.157. The number of rotatable bonds is 8. The zero-order valence-electron chi connectivity index (χ0n) is 17.0. The SMILES string of the molecule is CC(CNC(=O)C[C@@H](NC(N)=O)c1ccccc1)(c1ccccc1)c1ccccc1. The number of hydrogen-bond donors (Lipinski definition) is 3. The Morgan fingerprint density at radius 2 is 1.30 bits per heavy atom. The van der Waals surface area contributed by atoms with Crippen LogP contribution in [0.25, 0.3) is 0 Å². The van der Waals surface area contributed by atoms with Gasteiger partial charge in [0.15, 0.2) is 0 Å². The minimum absolute atomic E-state index is 0.104. The number of benzene rings is 3. The highest BCUT2D eigenvalue weighted by Crippen LogP contribution is 2.31. The van der Waals surface area contributed by atoms with E-state index in [-0.39, 0.29) is 12.3 Å². The molecule has 3 rings (SSSR count). The topological polar surface area (TPSA) is 84.2 Å². The van der Waals surface area contributed by atoms with Gasteiger partial charge in [-0.15, -0.1) is 0 Å². The van der Waals surface area contributed by atoms with Crippen LogP contribution in [0.2, 0.25) is 0 Å². The lowest BCUT2D eigenvalue weighted by atomic mass is 9.76. The zero-order chi connectivity index (χ0) is 21.4. The Hall–Kier alpha value is -3.60. The van der Waals surface area contributed by atoms with Crippen LogP contribution >= 0.6 is 0 Å². The molecule has 0 bridgehead atoms. The molecule has 0 radical (unpaired) electrons. The van der Waals surface area contributed by atoms with E-state index < -0.39 is 17.5 Å². The van der Waals surface area contributed by atoms with Crippen molar-refractivity contribution in [2.75, 3.05) is 6.54 Å². The zero-order valence-corrected chi connectivity index (χ0v) is 17.0. The molecule has 1 atom stereocenters. The van der Waals surface area contributed by atoms with Gasteiger partial charge in [-0.2, -0.15) is 0 Å². The fourth-order valence-corrected chi connectivity index (χ4v) is 3.63. The van der Waals surface area contributed by atoms with Crippen LogP contribution in [0.1, 0.15) is 36.1 Å². The van der Waals surface area contributed by atoms with Gasteiger partial charge in [0.2, 0.25) is 5.91 Å². The smallest absolute Gasteiger partial charge is 0.312 e. The minimum Gasteiger partial charge on any atom is -0.355 e. The summed E-state index contributed by atoms with van der Waals surface area (Å²) < 4.78 is 0. The first-order chi connectivity index (χ1) is 14.5. The number of carbonyl (C=O) groups excluding carboxylic acids is 2. The largest absolute Gasteiger partial charge is 0.355 e. The van der Waals surface area contributed by atoms with E-state index in [9.17, 15) is 9.59 Å². The van der Waals surface area contributed by atoms with E-state index in [0.29, 0.717) is 6.54 Å². The highest BCUT2D eigenvalue weighted by Gasteiger charge is 2.29. The molecule has 4 N–H and O–H groups in total. The normalized spacial score (nSPS) is 12.0. The van der Waals surface area contributed by atoms with E-state index in [4.69, 9.17) is 5.73 Å². The van der Waals surface area contributed by atoms with Crippen molar-refractivity contribution in [3.8, 4) is 0 Å². The molecule has 3 amide bonds. The molecule has 0 aliphatic carbocycles. The maximum Gasteiger partial charge on any atom is 0.312 e. The standard InChI is InChI=1S/C25H27N3O2/c1-25(20-13-7-3-8-14-20,21-15-9-4-10-16-21)18-27-23(29)17-22(28-24(26)30)19-11-5-2-6-12-19/h2-16,22H,17-18H2,1H3,(H,27,29)(H3,26,28,30)/t22-/m1/s1. The molecule has 3 aromatic rings. The molecule has 3 aromatic carbocycles. The van der Waals surface area contributed by atoms with Gasteiger partial charge in [0.25, 0.3) is 0 Å². The van der Waals surface area contributed by atoms with Gasteiger partial charge in [0.1, 0.15) is 0 Å². The lowest BCUT2D eigenvalue weighted by molar-refractivity contribution is -0.121. The number of nitrogens with one attached hydrogen (secondary N) is 2. The lowest BCUT2D eigenvalue weighted by Gasteiger charge is -2.31. The summed E-state index contributed by atoms with van der Waals surface area (Å²) in [7, 11) is 0. The molecule has 5 heteroatoms. The molecular formula is C25H27N3O2. The number of hydrogen-bond acceptors (Lipinski definition) is 2.